The fraction of sp³-hybridized carbons (Fsp3) is 0.273. The molecule has 4 nitrogen and oxygen atoms in total. The monoisotopic (exact) mass is 381 g/mol. The van der Waals surface area contributed by atoms with E-state index in [9.17, 15) is 13.6 Å². The maximum Gasteiger partial charge on any atom is 0.226 e. The summed E-state index contributed by atoms with van der Waals surface area (Å²) in [6.45, 7) is 1.40. The predicted molar refractivity (Wildman–Crippen MR) is 102 cm³/mol. The number of amides is 1. The number of benzene rings is 2. The summed E-state index contributed by atoms with van der Waals surface area (Å²) in [5, 5.41) is 4.39. The first-order valence-corrected chi connectivity index (χ1v) is 9.41. The second-order valence-corrected chi connectivity index (χ2v) is 7.15. The first-order chi connectivity index (χ1) is 13.6. The molecule has 6 heteroatoms. The van der Waals surface area contributed by atoms with Gasteiger partial charge in [-0.05, 0) is 66.3 Å². The summed E-state index contributed by atoms with van der Waals surface area (Å²) < 4.78 is 27.8. The number of carbonyl (C=O) groups is 1. The van der Waals surface area contributed by atoms with E-state index in [1.165, 1.54) is 24.3 Å². The van der Waals surface area contributed by atoms with Crippen LogP contribution in [0.5, 0.6) is 0 Å². The van der Waals surface area contributed by atoms with Gasteiger partial charge < -0.3 is 4.90 Å². The topological polar surface area (TPSA) is 38.1 Å². The third kappa shape index (κ3) is 4.11. The summed E-state index contributed by atoms with van der Waals surface area (Å²) in [4.78, 5) is 14.4. The smallest absolute Gasteiger partial charge is 0.226 e. The molecule has 2 heterocycles. The van der Waals surface area contributed by atoms with Gasteiger partial charge in [0.2, 0.25) is 5.91 Å². The molecule has 0 saturated carbocycles. The minimum atomic E-state index is -0.293. The first kappa shape index (κ1) is 18.3. The molecular formula is C22H21F2N3O. The molecule has 0 bridgehead atoms. The van der Waals surface area contributed by atoms with Crippen LogP contribution in [-0.4, -0.2) is 33.7 Å². The van der Waals surface area contributed by atoms with Gasteiger partial charge in [-0.3, -0.25) is 4.79 Å². The molecular weight excluding hydrogens is 360 g/mol. The van der Waals surface area contributed by atoms with Crippen molar-refractivity contribution in [2.45, 2.75) is 25.2 Å². The number of piperidine rings is 1. The Kier molecular flexibility index (Phi) is 5.19. The van der Waals surface area contributed by atoms with Crippen molar-refractivity contribution in [3.8, 4) is 5.69 Å². The number of carbonyl (C=O) groups excluding carboxylic acids is 1. The van der Waals surface area contributed by atoms with Crippen LogP contribution in [-0.2, 0) is 11.2 Å². The van der Waals surface area contributed by atoms with Crippen molar-refractivity contribution in [1.82, 2.24) is 14.7 Å². The van der Waals surface area contributed by atoms with E-state index in [4.69, 9.17) is 0 Å². The van der Waals surface area contributed by atoms with Crippen molar-refractivity contribution >= 4 is 5.91 Å². The van der Waals surface area contributed by atoms with Gasteiger partial charge in [0, 0.05) is 19.3 Å². The Morgan fingerprint density at radius 1 is 0.964 bits per heavy atom. The van der Waals surface area contributed by atoms with Crippen LogP contribution >= 0.6 is 0 Å². The zero-order valence-corrected chi connectivity index (χ0v) is 15.4. The highest BCUT2D eigenvalue weighted by molar-refractivity contribution is 5.78. The van der Waals surface area contributed by atoms with Crippen molar-refractivity contribution in [3.05, 3.63) is 83.7 Å². The van der Waals surface area contributed by atoms with Gasteiger partial charge in [-0.15, -0.1) is 0 Å². The Morgan fingerprint density at radius 2 is 1.57 bits per heavy atom. The molecule has 0 spiro atoms. The van der Waals surface area contributed by atoms with Crippen LogP contribution in [0.15, 0.2) is 60.9 Å². The SMILES string of the molecule is O=C(Cc1ccc(F)cc1)N1CCC(c2cnn(-c3ccc(F)cc3)c2)CC1. The van der Waals surface area contributed by atoms with E-state index >= 15 is 0 Å². The van der Waals surface area contributed by atoms with Crippen molar-refractivity contribution in [1.29, 1.82) is 0 Å². The van der Waals surface area contributed by atoms with Crippen molar-refractivity contribution < 1.29 is 13.6 Å². The molecule has 0 unspecified atom stereocenters. The molecule has 28 heavy (non-hydrogen) atoms. The minimum absolute atomic E-state index is 0.0760. The lowest BCUT2D eigenvalue weighted by Gasteiger charge is -2.31. The lowest BCUT2D eigenvalue weighted by atomic mass is 9.91. The molecule has 1 aliphatic rings. The summed E-state index contributed by atoms with van der Waals surface area (Å²) in [5.74, 6) is -0.136. The van der Waals surface area contributed by atoms with Gasteiger partial charge in [0.1, 0.15) is 11.6 Å². The normalized spacial score (nSPS) is 15.0. The second-order valence-electron chi connectivity index (χ2n) is 7.15. The maximum absolute atomic E-state index is 13.1. The number of nitrogens with zero attached hydrogens (tertiary/aromatic N) is 3. The molecule has 1 aliphatic heterocycles. The Labute approximate surface area is 162 Å². The van der Waals surface area contributed by atoms with Crippen molar-refractivity contribution in [3.63, 3.8) is 0 Å². The molecule has 1 saturated heterocycles. The number of likely N-dealkylation sites (tertiary alicyclic amines) is 1. The predicted octanol–water partition coefficient (Wildman–Crippen LogP) is 4.10. The number of rotatable bonds is 4. The molecule has 1 aromatic heterocycles. The van der Waals surface area contributed by atoms with Crippen LogP contribution in [0.25, 0.3) is 5.69 Å². The van der Waals surface area contributed by atoms with E-state index in [0.717, 1.165) is 29.7 Å². The average molecular weight is 381 g/mol. The Balaban J connectivity index is 1.34. The second kappa shape index (κ2) is 7.92. The molecule has 0 aliphatic carbocycles. The van der Waals surface area contributed by atoms with Crippen LogP contribution in [0.3, 0.4) is 0 Å². The maximum atomic E-state index is 13.1. The van der Waals surface area contributed by atoms with Crippen LogP contribution in [0.4, 0.5) is 8.78 Å². The minimum Gasteiger partial charge on any atom is -0.342 e. The highest BCUT2D eigenvalue weighted by atomic mass is 19.1. The van der Waals surface area contributed by atoms with Crippen LogP contribution in [0, 0.1) is 11.6 Å². The van der Waals surface area contributed by atoms with Gasteiger partial charge >= 0.3 is 0 Å². The van der Waals surface area contributed by atoms with Gasteiger partial charge in [-0.2, -0.15) is 5.10 Å². The fourth-order valence-corrected chi connectivity index (χ4v) is 3.63. The third-order valence-electron chi connectivity index (χ3n) is 5.28. The molecule has 144 valence electrons. The summed E-state index contributed by atoms with van der Waals surface area (Å²) in [6.07, 6.45) is 5.89. The molecule has 4 rings (SSSR count). The van der Waals surface area contributed by atoms with Crippen LogP contribution < -0.4 is 0 Å². The summed E-state index contributed by atoms with van der Waals surface area (Å²) >= 11 is 0. The zero-order valence-electron chi connectivity index (χ0n) is 15.4. The van der Waals surface area contributed by atoms with Gasteiger partial charge in [0.15, 0.2) is 0 Å². The van der Waals surface area contributed by atoms with Gasteiger partial charge in [0.25, 0.3) is 0 Å². The van der Waals surface area contributed by atoms with E-state index in [1.807, 2.05) is 17.3 Å². The van der Waals surface area contributed by atoms with Gasteiger partial charge in [-0.1, -0.05) is 12.1 Å². The Hall–Kier alpha value is -3.02. The molecule has 2 aromatic carbocycles. The van der Waals surface area contributed by atoms with E-state index in [1.54, 1.807) is 28.9 Å². The summed E-state index contributed by atoms with van der Waals surface area (Å²) in [7, 11) is 0. The zero-order chi connectivity index (χ0) is 19.5. The Morgan fingerprint density at radius 3 is 2.21 bits per heavy atom. The van der Waals surface area contributed by atoms with Gasteiger partial charge in [-0.25, -0.2) is 13.5 Å². The third-order valence-corrected chi connectivity index (χ3v) is 5.28. The molecule has 3 aromatic rings. The van der Waals surface area contributed by atoms with E-state index in [0.29, 0.717) is 25.4 Å². The molecule has 1 fully saturated rings. The lowest BCUT2D eigenvalue weighted by Crippen LogP contribution is -2.38. The molecule has 0 N–H and O–H groups in total. The standard InChI is InChI=1S/C22H21F2N3O/c23-19-3-1-16(2-4-19)13-22(28)26-11-9-17(10-12-26)18-14-25-27(15-18)21-7-5-20(24)6-8-21/h1-8,14-15,17H,9-13H2. The van der Waals surface area contributed by atoms with E-state index in [2.05, 4.69) is 5.10 Å². The summed E-state index contributed by atoms with van der Waals surface area (Å²) in [5.41, 5.74) is 2.78. The lowest BCUT2D eigenvalue weighted by molar-refractivity contribution is -0.131. The molecule has 0 radical (unpaired) electrons. The van der Waals surface area contributed by atoms with Gasteiger partial charge in [0.05, 0.1) is 18.3 Å². The number of hydrogen-bond acceptors (Lipinski definition) is 2. The van der Waals surface area contributed by atoms with Crippen LogP contribution in [0.1, 0.15) is 29.9 Å². The van der Waals surface area contributed by atoms with Crippen molar-refractivity contribution in [2.75, 3.05) is 13.1 Å². The number of halogens is 2. The van der Waals surface area contributed by atoms with Crippen LogP contribution in [0.2, 0.25) is 0 Å². The fourth-order valence-electron chi connectivity index (χ4n) is 3.63. The quantitative estimate of drug-likeness (QED) is 0.682. The van der Waals surface area contributed by atoms with E-state index < -0.39 is 0 Å². The average Bonchev–Trinajstić information content (AvgIpc) is 3.20. The van der Waals surface area contributed by atoms with Crippen molar-refractivity contribution in [2.24, 2.45) is 0 Å². The molecule has 0 atom stereocenters. The molecule has 1 amide bonds. The summed E-state index contributed by atoms with van der Waals surface area (Å²) in [6, 6.07) is 12.3. The highest BCUT2D eigenvalue weighted by Crippen LogP contribution is 2.28. The highest BCUT2D eigenvalue weighted by Gasteiger charge is 2.24. The van der Waals surface area contributed by atoms with E-state index in [-0.39, 0.29) is 17.5 Å². The Bertz CT molecular complexity index is 943. The number of hydrogen-bond donors (Lipinski definition) is 0. The first-order valence-electron chi connectivity index (χ1n) is 9.41. The largest absolute Gasteiger partial charge is 0.342 e. The number of aromatic nitrogens is 2.